The highest BCUT2D eigenvalue weighted by Crippen LogP contribution is 2.26. The first-order valence-corrected chi connectivity index (χ1v) is 10.9. The van der Waals surface area contributed by atoms with E-state index in [0.717, 1.165) is 12.8 Å². The molecular formula is C24H28N4O3. The first-order chi connectivity index (χ1) is 15.1. The monoisotopic (exact) mass is 420 g/mol. The van der Waals surface area contributed by atoms with Gasteiger partial charge in [-0.3, -0.25) is 4.79 Å². The number of urea groups is 2. The molecule has 0 unspecified atom stereocenters. The van der Waals surface area contributed by atoms with E-state index in [4.69, 9.17) is 0 Å². The van der Waals surface area contributed by atoms with E-state index in [9.17, 15) is 14.4 Å². The summed E-state index contributed by atoms with van der Waals surface area (Å²) in [4.78, 5) is 42.5. The normalized spacial score (nSPS) is 17.4. The number of nitrogens with zero attached hydrogens (tertiary/aromatic N) is 3. The molecule has 5 amide bonds. The molecule has 31 heavy (non-hydrogen) atoms. The summed E-state index contributed by atoms with van der Waals surface area (Å²) >= 11 is 0. The van der Waals surface area contributed by atoms with E-state index in [2.05, 4.69) is 17.4 Å². The van der Waals surface area contributed by atoms with Crippen molar-refractivity contribution in [3.8, 4) is 0 Å². The van der Waals surface area contributed by atoms with Gasteiger partial charge in [0.2, 0.25) is 0 Å². The molecule has 0 atom stereocenters. The second-order valence-corrected chi connectivity index (χ2v) is 8.01. The van der Waals surface area contributed by atoms with E-state index < -0.39 is 0 Å². The number of piperidine rings is 1. The van der Waals surface area contributed by atoms with Crippen molar-refractivity contribution in [1.82, 2.24) is 15.1 Å². The summed E-state index contributed by atoms with van der Waals surface area (Å²) in [5.41, 5.74) is 1.87. The number of carbonyl (C=O) groups is 3. The van der Waals surface area contributed by atoms with Crippen LogP contribution in [0.25, 0.3) is 0 Å². The lowest BCUT2D eigenvalue weighted by molar-refractivity contribution is -0.116. The Morgan fingerprint density at radius 2 is 1.58 bits per heavy atom. The molecule has 7 nitrogen and oxygen atoms in total. The van der Waals surface area contributed by atoms with Crippen molar-refractivity contribution in [3.05, 3.63) is 66.2 Å². The van der Waals surface area contributed by atoms with Crippen molar-refractivity contribution in [3.63, 3.8) is 0 Å². The quantitative estimate of drug-likeness (QED) is 0.576. The Hall–Kier alpha value is -3.35. The van der Waals surface area contributed by atoms with Gasteiger partial charge in [-0.05, 0) is 43.4 Å². The van der Waals surface area contributed by atoms with Gasteiger partial charge in [0.15, 0.2) is 0 Å². The lowest BCUT2D eigenvalue weighted by atomic mass is 10.0. The number of likely N-dealkylation sites (tertiary alicyclic amines) is 1. The number of nitrogens with one attached hydrogen (secondary N) is 1. The third-order valence-corrected chi connectivity index (χ3v) is 5.96. The largest absolute Gasteiger partial charge is 0.338 e. The maximum absolute atomic E-state index is 12.9. The average molecular weight is 421 g/mol. The number of aryl methyl sites for hydroxylation is 1. The fourth-order valence-corrected chi connectivity index (χ4v) is 4.26. The Labute approximate surface area is 182 Å². The molecule has 2 aromatic carbocycles. The summed E-state index contributed by atoms with van der Waals surface area (Å²) in [5.74, 6) is -0.199. The molecule has 0 aromatic heterocycles. The summed E-state index contributed by atoms with van der Waals surface area (Å²) in [6, 6.07) is 18.9. The third-order valence-electron chi connectivity index (χ3n) is 5.96. The van der Waals surface area contributed by atoms with Crippen LogP contribution in [0.5, 0.6) is 0 Å². The van der Waals surface area contributed by atoms with Gasteiger partial charge in [0, 0.05) is 25.7 Å². The lowest BCUT2D eigenvalue weighted by Crippen LogP contribution is -2.50. The second kappa shape index (κ2) is 9.64. The first-order valence-electron chi connectivity index (χ1n) is 10.9. The Kier molecular flexibility index (Phi) is 6.50. The van der Waals surface area contributed by atoms with E-state index >= 15 is 0 Å². The van der Waals surface area contributed by atoms with Crippen LogP contribution >= 0.6 is 0 Å². The van der Waals surface area contributed by atoms with E-state index in [1.54, 1.807) is 21.9 Å². The summed E-state index contributed by atoms with van der Waals surface area (Å²) in [6.45, 7) is 1.90. The van der Waals surface area contributed by atoms with Gasteiger partial charge in [-0.25, -0.2) is 14.5 Å². The van der Waals surface area contributed by atoms with E-state index in [1.165, 1.54) is 10.5 Å². The van der Waals surface area contributed by atoms with Gasteiger partial charge < -0.3 is 15.1 Å². The van der Waals surface area contributed by atoms with Crippen LogP contribution in [0.3, 0.4) is 0 Å². The molecule has 0 aliphatic carbocycles. The number of para-hydroxylation sites is 1. The van der Waals surface area contributed by atoms with Crippen LogP contribution in [0.2, 0.25) is 0 Å². The number of amides is 5. The molecular weight excluding hydrogens is 392 g/mol. The smallest absolute Gasteiger partial charge is 0.332 e. The van der Waals surface area contributed by atoms with Crippen molar-refractivity contribution in [2.45, 2.75) is 31.7 Å². The summed E-state index contributed by atoms with van der Waals surface area (Å²) in [6.07, 6.45) is 3.19. The molecule has 162 valence electrons. The van der Waals surface area contributed by atoms with E-state index in [0.29, 0.717) is 38.2 Å². The van der Waals surface area contributed by atoms with Gasteiger partial charge in [-0.15, -0.1) is 0 Å². The highest BCUT2D eigenvalue weighted by molar-refractivity contribution is 6.19. The Morgan fingerprint density at radius 3 is 2.26 bits per heavy atom. The predicted octanol–water partition coefficient (Wildman–Crippen LogP) is 3.26. The average Bonchev–Trinajstić information content (AvgIpc) is 3.11. The van der Waals surface area contributed by atoms with Gasteiger partial charge >= 0.3 is 12.1 Å². The van der Waals surface area contributed by atoms with Gasteiger partial charge in [0.25, 0.3) is 5.91 Å². The van der Waals surface area contributed by atoms with Crippen molar-refractivity contribution < 1.29 is 14.4 Å². The second-order valence-electron chi connectivity index (χ2n) is 8.01. The maximum atomic E-state index is 12.9. The molecule has 0 saturated carbocycles. The molecule has 2 aliphatic rings. The predicted molar refractivity (Wildman–Crippen MR) is 119 cm³/mol. The number of anilines is 1. The van der Waals surface area contributed by atoms with Crippen molar-refractivity contribution >= 4 is 23.7 Å². The molecule has 0 bridgehead atoms. The zero-order valence-corrected chi connectivity index (χ0v) is 17.6. The van der Waals surface area contributed by atoms with Crippen molar-refractivity contribution in [1.29, 1.82) is 0 Å². The molecule has 1 N–H and O–H groups in total. The van der Waals surface area contributed by atoms with Crippen molar-refractivity contribution in [2.75, 3.05) is 31.1 Å². The van der Waals surface area contributed by atoms with Crippen LogP contribution in [0.4, 0.5) is 15.3 Å². The van der Waals surface area contributed by atoms with Crippen LogP contribution in [-0.4, -0.2) is 60.0 Å². The highest BCUT2D eigenvalue weighted by Gasteiger charge is 2.41. The topological polar surface area (TPSA) is 73.0 Å². The zero-order valence-electron chi connectivity index (χ0n) is 17.6. The molecule has 2 aromatic rings. The highest BCUT2D eigenvalue weighted by atomic mass is 16.2. The summed E-state index contributed by atoms with van der Waals surface area (Å²) in [7, 11) is 0. The number of hydrogen-bond donors (Lipinski definition) is 1. The standard InChI is InChI=1S/C24H28N4O3/c29-22-18-27(24(31)28(22)21-11-5-2-6-12-21)20-13-16-26(17-14-20)23(30)25-15-7-10-19-8-3-1-4-9-19/h1-6,8-9,11-12,20H,7,10,13-18H2,(H,25,30). The molecule has 2 fully saturated rings. The fraction of sp³-hybridized carbons (Fsp3) is 0.375. The summed E-state index contributed by atoms with van der Waals surface area (Å²) in [5, 5.41) is 3.00. The van der Waals surface area contributed by atoms with Crippen LogP contribution in [-0.2, 0) is 11.2 Å². The molecule has 2 aliphatic heterocycles. The number of rotatable bonds is 6. The summed E-state index contributed by atoms with van der Waals surface area (Å²) < 4.78 is 0. The third kappa shape index (κ3) is 4.87. The molecule has 7 heteroatoms. The van der Waals surface area contributed by atoms with Gasteiger partial charge in [0.05, 0.1) is 5.69 Å². The first kappa shape index (κ1) is 20.9. The Morgan fingerprint density at radius 1 is 0.935 bits per heavy atom. The molecule has 0 radical (unpaired) electrons. The molecule has 2 saturated heterocycles. The number of hydrogen-bond acceptors (Lipinski definition) is 3. The van der Waals surface area contributed by atoms with Crippen LogP contribution in [0.1, 0.15) is 24.8 Å². The van der Waals surface area contributed by atoms with Crippen LogP contribution in [0.15, 0.2) is 60.7 Å². The molecule has 0 spiro atoms. The zero-order chi connectivity index (χ0) is 21.6. The number of carbonyl (C=O) groups excluding carboxylic acids is 3. The Balaban J connectivity index is 1.23. The minimum Gasteiger partial charge on any atom is -0.338 e. The van der Waals surface area contributed by atoms with Crippen molar-refractivity contribution in [2.24, 2.45) is 0 Å². The SMILES string of the molecule is O=C(NCCCc1ccccc1)N1CCC(N2CC(=O)N(c3ccccc3)C2=O)CC1. The van der Waals surface area contributed by atoms with E-state index in [1.807, 2.05) is 36.4 Å². The number of imide groups is 1. The number of benzene rings is 2. The maximum Gasteiger partial charge on any atom is 0.332 e. The van der Waals surface area contributed by atoms with Crippen LogP contribution in [0, 0.1) is 0 Å². The van der Waals surface area contributed by atoms with E-state index in [-0.39, 0.29) is 30.6 Å². The molecule has 2 heterocycles. The Bertz CT molecular complexity index is 911. The lowest BCUT2D eigenvalue weighted by Gasteiger charge is -2.36. The fourth-order valence-electron chi connectivity index (χ4n) is 4.26. The van der Waals surface area contributed by atoms with Gasteiger partial charge in [-0.1, -0.05) is 48.5 Å². The van der Waals surface area contributed by atoms with Crippen LogP contribution < -0.4 is 10.2 Å². The van der Waals surface area contributed by atoms with Gasteiger partial charge in [-0.2, -0.15) is 0 Å². The minimum absolute atomic E-state index is 0.0210. The van der Waals surface area contributed by atoms with Gasteiger partial charge in [0.1, 0.15) is 6.54 Å². The minimum atomic E-state index is -0.264. The molecule has 4 rings (SSSR count).